The van der Waals surface area contributed by atoms with E-state index < -0.39 is 12.2 Å². The van der Waals surface area contributed by atoms with Crippen LogP contribution in [0.15, 0.2) is 23.2 Å². The van der Waals surface area contributed by atoms with Crippen molar-refractivity contribution in [2.24, 2.45) is 10.7 Å². The molecule has 10 nitrogen and oxygen atoms in total. The molecule has 0 aliphatic carbocycles. The van der Waals surface area contributed by atoms with Crippen molar-refractivity contribution in [3.8, 4) is 5.75 Å². The van der Waals surface area contributed by atoms with Crippen LogP contribution in [-0.4, -0.2) is 79.7 Å². The Morgan fingerprint density at radius 3 is 2.52 bits per heavy atom. The Balaban J connectivity index is 1.64. The molecule has 1 aliphatic heterocycles. The number of aliphatic imine (C=N–C) groups is 1. The Labute approximate surface area is 234 Å². The summed E-state index contributed by atoms with van der Waals surface area (Å²) in [5.74, 6) is 1.24. The molecule has 1 fully saturated rings. The molecule has 2 aromatic rings. The second kappa shape index (κ2) is 14.9. The van der Waals surface area contributed by atoms with Crippen LogP contribution in [-0.2, 0) is 6.54 Å². The van der Waals surface area contributed by atoms with Crippen molar-refractivity contribution < 1.29 is 17.9 Å². The Hall–Kier alpha value is -3.32. The number of alkyl halides is 3. The number of anilines is 4. The summed E-state index contributed by atoms with van der Waals surface area (Å²) in [6, 6.07) is 4.32. The number of nitrogens with zero attached hydrogens (tertiary/aromatic N) is 5. The van der Waals surface area contributed by atoms with Crippen molar-refractivity contribution in [1.82, 2.24) is 14.9 Å². The molecule has 1 saturated heterocycles. The van der Waals surface area contributed by atoms with E-state index in [1.54, 1.807) is 18.2 Å². The third kappa shape index (κ3) is 8.59. The first-order chi connectivity index (χ1) is 19.2. The van der Waals surface area contributed by atoms with Crippen LogP contribution < -0.4 is 32.2 Å². The minimum atomic E-state index is -4.25. The van der Waals surface area contributed by atoms with Crippen LogP contribution >= 0.6 is 0 Å². The van der Waals surface area contributed by atoms with Gasteiger partial charge in [-0.3, -0.25) is 9.89 Å². The summed E-state index contributed by atoms with van der Waals surface area (Å²) in [6.45, 7) is 5.19. The number of halogens is 3. The van der Waals surface area contributed by atoms with Crippen molar-refractivity contribution in [3.05, 3.63) is 29.5 Å². The first kappa shape index (κ1) is 31.2. The molecule has 1 aromatic carbocycles. The van der Waals surface area contributed by atoms with E-state index in [1.807, 2.05) is 18.2 Å². The molecule has 0 amide bonds. The molecule has 1 aromatic heterocycles. The fourth-order valence-electron chi connectivity index (χ4n) is 4.74. The number of nitrogens with two attached hydrogens (primary N) is 3. The van der Waals surface area contributed by atoms with Crippen LogP contribution in [0.4, 0.5) is 36.3 Å². The van der Waals surface area contributed by atoms with Gasteiger partial charge in [-0.15, -0.1) is 0 Å². The summed E-state index contributed by atoms with van der Waals surface area (Å²) in [7, 11) is 1.58. The maximum Gasteiger partial charge on any atom is 0.404 e. The Kier molecular flexibility index (Phi) is 11.6. The largest absolute Gasteiger partial charge is 0.496 e. The average Bonchev–Trinajstić information content (AvgIpc) is 2.93. The molecule has 13 heteroatoms. The number of ether oxygens (including phenoxy) is 1. The molecule has 40 heavy (non-hydrogen) atoms. The number of methoxy groups -OCH3 is 1. The van der Waals surface area contributed by atoms with Gasteiger partial charge < -0.3 is 32.2 Å². The Bertz CT molecular complexity index is 1110. The highest BCUT2D eigenvalue weighted by Crippen LogP contribution is 2.31. The van der Waals surface area contributed by atoms with E-state index in [-0.39, 0.29) is 12.4 Å². The zero-order valence-electron chi connectivity index (χ0n) is 23.4. The van der Waals surface area contributed by atoms with Gasteiger partial charge in [-0.1, -0.05) is 25.8 Å². The van der Waals surface area contributed by atoms with E-state index in [0.717, 1.165) is 30.6 Å². The molecular weight excluding hydrogens is 523 g/mol. The summed E-state index contributed by atoms with van der Waals surface area (Å²) in [4.78, 5) is 16.5. The number of piperazine rings is 1. The summed E-state index contributed by atoms with van der Waals surface area (Å²) in [5, 5.41) is 3.18. The molecule has 0 saturated carbocycles. The summed E-state index contributed by atoms with van der Waals surface area (Å²) in [6.07, 6.45) is 0.464. The molecule has 222 valence electrons. The van der Waals surface area contributed by atoms with Crippen molar-refractivity contribution in [3.63, 3.8) is 0 Å². The Morgan fingerprint density at radius 1 is 1.12 bits per heavy atom. The van der Waals surface area contributed by atoms with Gasteiger partial charge >= 0.3 is 6.18 Å². The third-order valence-corrected chi connectivity index (χ3v) is 6.99. The minimum Gasteiger partial charge on any atom is -0.496 e. The molecule has 0 bridgehead atoms. The van der Waals surface area contributed by atoms with Gasteiger partial charge in [0.2, 0.25) is 5.95 Å². The zero-order valence-corrected chi connectivity index (χ0v) is 23.4. The quantitative estimate of drug-likeness (QED) is 0.199. The summed E-state index contributed by atoms with van der Waals surface area (Å²) < 4.78 is 46.7. The summed E-state index contributed by atoms with van der Waals surface area (Å²) >= 11 is 0. The van der Waals surface area contributed by atoms with Crippen LogP contribution in [0, 0.1) is 0 Å². The first-order valence-corrected chi connectivity index (χ1v) is 13.8. The lowest BCUT2D eigenvalue weighted by atomic mass is 10.1. The SMILES string of the molecule is CCCCNc1nc(N)nc(C=NCc2ccc(N3CCN(C(CCCCN)C(F)(F)F)CC3)cc2OC)c1N. The van der Waals surface area contributed by atoms with E-state index in [0.29, 0.717) is 75.1 Å². The van der Waals surface area contributed by atoms with E-state index in [2.05, 4.69) is 32.1 Å². The molecule has 0 spiro atoms. The van der Waals surface area contributed by atoms with Crippen molar-refractivity contribution >= 4 is 29.4 Å². The minimum absolute atomic E-state index is 0.0771. The van der Waals surface area contributed by atoms with Crippen LogP contribution in [0.1, 0.15) is 50.3 Å². The molecule has 1 aliphatic rings. The number of nitrogen functional groups attached to an aromatic ring is 2. The highest BCUT2D eigenvalue weighted by atomic mass is 19.4. The number of nitrogens with one attached hydrogen (secondary N) is 1. The third-order valence-electron chi connectivity index (χ3n) is 6.99. The maximum absolute atomic E-state index is 13.7. The number of aromatic nitrogens is 2. The maximum atomic E-state index is 13.7. The van der Waals surface area contributed by atoms with Crippen LogP contribution in [0.3, 0.4) is 0 Å². The van der Waals surface area contributed by atoms with Gasteiger partial charge in [0.1, 0.15) is 23.2 Å². The molecule has 3 rings (SSSR count). The Morgan fingerprint density at radius 2 is 1.88 bits per heavy atom. The van der Waals surface area contributed by atoms with Crippen LogP contribution in [0.2, 0.25) is 0 Å². The van der Waals surface area contributed by atoms with Crippen LogP contribution in [0.25, 0.3) is 0 Å². The molecule has 1 atom stereocenters. The number of rotatable bonds is 14. The molecular formula is C27H42F3N9O. The molecule has 1 unspecified atom stereocenters. The monoisotopic (exact) mass is 565 g/mol. The summed E-state index contributed by atoms with van der Waals surface area (Å²) in [5.41, 5.74) is 20.1. The predicted octanol–water partition coefficient (Wildman–Crippen LogP) is 3.66. The van der Waals surface area contributed by atoms with Crippen molar-refractivity contribution in [2.75, 3.05) is 68.1 Å². The standard InChI is InChI=1S/C27H42F3N9O/c1-3-4-11-35-25-24(32)21(36-26(33)37-25)18-34-17-19-8-9-20(16-22(19)40-2)38-12-14-39(15-13-38)23(27(28,29)30)7-5-6-10-31/h8-9,16,18,23H,3-7,10-15,17,31-32H2,1-2H3,(H3,33,35,36,37). The van der Waals surface area contributed by atoms with Gasteiger partial charge in [0.25, 0.3) is 0 Å². The highest BCUT2D eigenvalue weighted by molar-refractivity contribution is 5.88. The number of benzene rings is 1. The van der Waals surface area contributed by atoms with Gasteiger partial charge in [0.05, 0.1) is 13.7 Å². The van der Waals surface area contributed by atoms with Crippen LogP contribution in [0.5, 0.6) is 5.75 Å². The van der Waals surface area contributed by atoms with E-state index in [9.17, 15) is 13.2 Å². The number of hydrogen-bond acceptors (Lipinski definition) is 10. The van der Waals surface area contributed by atoms with Crippen molar-refractivity contribution in [1.29, 1.82) is 0 Å². The highest BCUT2D eigenvalue weighted by Gasteiger charge is 2.43. The number of hydrogen-bond donors (Lipinski definition) is 4. The second-order valence-corrected chi connectivity index (χ2v) is 9.84. The average molecular weight is 566 g/mol. The van der Waals surface area contributed by atoms with E-state index in [1.165, 1.54) is 0 Å². The predicted molar refractivity (Wildman–Crippen MR) is 155 cm³/mol. The normalized spacial score (nSPS) is 15.5. The van der Waals surface area contributed by atoms with Gasteiger partial charge in [0.15, 0.2) is 5.82 Å². The lowest BCUT2D eigenvalue weighted by molar-refractivity contribution is -0.186. The lowest BCUT2D eigenvalue weighted by Crippen LogP contribution is -2.54. The van der Waals surface area contributed by atoms with Gasteiger partial charge in [-0.05, 0) is 31.9 Å². The fourth-order valence-corrected chi connectivity index (χ4v) is 4.74. The van der Waals surface area contributed by atoms with Crippen molar-refractivity contribution in [2.45, 2.75) is 57.8 Å². The first-order valence-electron chi connectivity index (χ1n) is 13.8. The van der Waals surface area contributed by atoms with Gasteiger partial charge in [-0.2, -0.15) is 18.2 Å². The molecule has 7 N–H and O–H groups in total. The lowest BCUT2D eigenvalue weighted by Gasteiger charge is -2.41. The number of unbranched alkanes of at least 4 members (excludes halogenated alkanes) is 2. The van der Waals surface area contributed by atoms with E-state index in [4.69, 9.17) is 21.9 Å². The topological polar surface area (TPSA) is 144 Å². The molecule has 2 heterocycles. The van der Waals surface area contributed by atoms with Gasteiger partial charge in [0, 0.05) is 56.3 Å². The van der Waals surface area contributed by atoms with E-state index >= 15 is 0 Å². The zero-order chi connectivity index (χ0) is 29.1. The van der Waals surface area contributed by atoms with Gasteiger partial charge in [-0.25, -0.2) is 4.98 Å². The second-order valence-electron chi connectivity index (χ2n) is 9.84. The smallest absolute Gasteiger partial charge is 0.404 e. The molecule has 0 radical (unpaired) electrons. The fraction of sp³-hybridized carbons (Fsp3) is 0.593.